The minimum Gasteiger partial charge on any atom is -1.00 e. The molecule has 0 amide bonds. The van der Waals surface area contributed by atoms with Gasteiger partial charge in [0.15, 0.2) is 0 Å². The average Bonchev–Trinajstić information content (AvgIpc) is 2.16. The van der Waals surface area contributed by atoms with Crippen molar-refractivity contribution in [2.75, 3.05) is 0 Å². The molecule has 15 heavy (non-hydrogen) atoms. The minimum atomic E-state index is 0. The van der Waals surface area contributed by atoms with Crippen LogP contribution in [0.15, 0.2) is 12.2 Å². The molecule has 0 bridgehead atoms. The van der Waals surface area contributed by atoms with Gasteiger partial charge in [0.1, 0.15) is 0 Å². The Morgan fingerprint density at radius 3 is 1.80 bits per heavy atom. The van der Waals surface area contributed by atoms with E-state index in [2.05, 4.69) is 19.9 Å². The first-order valence-electron chi connectivity index (χ1n) is 5.86. The van der Waals surface area contributed by atoms with Gasteiger partial charge in [0.05, 0.1) is 0 Å². The third-order valence-electron chi connectivity index (χ3n) is 2.39. The van der Waals surface area contributed by atoms with Crippen LogP contribution in [0.2, 0.25) is 0 Å². The van der Waals surface area contributed by atoms with Crippen molar-refractivity contribution in [1.82, 2.24) is 0 Å². The molecule has 0 N–H and O–H groups in total. The van der Waals surface area contributed by atoms with Crippen LogP contribution < -0.4 is 12.4 Å². The van der Waals surface area contributed by atoms with Crippen LogP contribution >= 0.6 is 0 Å². The topological polar surface area (TPSA) is 0 Å². The summed E-state index contributed by atoms with van der Waals surface area (Å²) in [6.07, 6.45) is 16.6. The molecule has 0 spiro atoms. The Kier molecular flexibility index (Phi) is 28.2. The zero-order valence-electron chi connectivity index (χ0n) is 10.3. The summed E-state index contributed by atoms with van der Waals surface area (Å²) in [6.45, 7) is 5.94. The van der Waals surface area contributed by atoms with E-state index in [4.69, 9.17) is 0 Å². The van der Waals surface area contributed by atoms with E-state index in [9.17, 15) is 0 Å². The van der Waals surface area contributed by atoms with E-state index in [1.165, 1.54) is 57.8 Å². The fraction of sp³-hybridized carbons (Fsp3) is 0.769. The first-order valence-corrected chi connectivity index (χ1v) is 5.86. The van der Waals surface area contributed by atoms with E-state index in [1.54, 1.807) is 0 Å². The largest absolute Gasteiger partial charge is 2.00 e. The molecule has 0 heterocycles. The third kappa shape index (κ3) is 20.7. The van der Waals surface area contributed by atoms with Crippen LogP contribution in [0.25, 0.3) is 0 Å². The van der Waals surface area contributed by atoms with Crippen molar-refractivity contribution in [2.24, 2.45) is 0 Å². The van der Waals surface area contributed by atoms with Crippen LogP contribution in [-0.2, 0) is 0 Å². The number of rotatable bonds is 9. The van der Waals surface area contributed by atoms with Crippen molar-refractivity contribution >= 4 is 23.1 Å². The Labute approximate surface area is 119 Å². The molecule has 0 radical (unpaired) electrons. The van der Waals surface area contributed by atoms with Gasteiger partial charge in [0, 0.05) is 0 Å². The molecule has 0 saturated carbocycles. The van der Waals surface area contributed by atoms with Crippen molar-refractivity contribution in [2.45, 2.75) is 64.7 Å². The summed E-state index contributed by atoms with van der Waals surface area (Å²) in [5, 5.41) is 0. The molecule has 2 heteroatoms. The molecule has 0 aliphatic heterocycles. The van der Waals surface area contributed by atoms with E-state index in [0.29, 0.717) is 0 Å². The monoisotopic (exact) mass is 240 g/mol. The van der Waals surface area contributed by atoms with Crippen LogP contribution in [-0.4, -0.2) is 23.1 Å². The van der Waals surface area contributed by atoms with Gasteiger partial charge in [-0.15, -0.1) is 6.42 Å². The Balaban J connectivity index is -0.000000720. The summed E-state index contributed by atoms with van der Waals surface area (Å²) in [6, 6.07) is 0. The summed E-state index contributed by atoms with van der Waals surface area (Å²) in [5.74, 6) is 0. The van der Waals surface area contributed by atoms with Crippen molar-refractivity contribution < 1.29 is 12.4 Å². The van der Waals surface area contributed by atoms with E-state index in [-0.39, 0.29) is 35.5 Å². The van der Waals surface area contributed by atoms with Gasteiger partial charge in [-0.3, -0.25) is 0 Å². The van der Waals surface area contributed by atoms with Gasteiger partial charge in [-0.1, -0.05) is 58.3 Å². The smallest absolute Gasteiger partial charge is 1.00 e. The van der Waals surface area contributed by atoms with Crippen molar-refractivity contribution in [3.8, 4) is 0 Å². The Hall–Kier alpha value is 0.666. The average molecular weight is 241 g/mol. The van der Waals surface area contributed by atoms with E-state index >= 15 is 0 Å². The molecule has 0 aromatic heterocycles. The van der Waals surface area contributed by atoms with Crippen molar-refractivity contribution in [3.63, 3.8) is 0 Å². The molecule has 0 aromatic carbocycles. The summed E-state index contributed by atoms with van der Waals surface area (Å²) in [5.41, 5.74) is 0. The number of hydrogen-bond acceptors (Lipinski definition) is 0. The van der Waals surface area contributed by atoms with Crippen LogP contribution in [0.4, 0.5) is 0 Å². The van der Waals surface area contributed by atoms with Gasteiger partial charge in [0.2, 0.25) is 0 Å². The number of halogens is 1. The summed E-state index contributed by atoms with van der Waals surface area (Å²) >= 11 is 0. The second-order valence-corrected chi connectivity index (χ2v) is 3.73. The normalized spacial score (nSPS) is 9.67. The molecule has 86 valence electrons. The van der Waals surface area contributed by atoms with Crippen molar-refractivity contribution in [1.29, 1.82) is 0 Å². The van der Waals surface area contributed by atoms with Gasteiger partial charge in [-0.2, -0.15) is 0 Å². The molecule has 0 aliphatic rings. The summed E-state index contributed by atoms with van der Waals surface area (Å²) in [4.78, 5) is 0. The minimum absolute atomic E-state index is 0. The number of allylic oxidation sites excluding steroid dienone is 2. The molecule has 0 nitrogen and oxygen atoms in total. The second-order valence-electron chi connectivity index (χ2n) is 3.73. The van der Waals surface area contributed by atoms with E-state index < -0.39 is 0 Å². The Morgan fingerprint density at radius 2 is 1.33 bits per heavy atom. The Morgan fingerprint density at radius 1 is 0.867 bits per heavy atom. The van der Waals surface area contributed by atoms with Crippen LogP contribution in [0.1, 0.15) is 64.7 Å². The van der Waals surface area contributed by atoms with Gasteiger partial charge < -0.3 is 12.4 Å². The zero-order chi connectivity index (χ0) is 9.78. The fourth-order valence-corrected chi connectivity index (χ4v) is 1.51. The molecular weight excluding hydrogens is 216 g/mol. The summed E-state index contributed by atoms with van der Waals surface area (Å²) < 4.78 is 0. The molecule has 0 fully saturated rings. The SMILES string of the molecule is [CH2-]/C=C/CCCCCCCCCC.[Cl-].[Mg+2]. The molecule has 0 unspecified atom stereocenters. The third-order valence-corrected chi connectivity index (χ3v) is 2.39. The predicted octanol–water partition coefficient (Wildman–Crippen LogP) is 1.53. The molecule has 0 saturated heterocycles. The predicted molar refractivity (Wildman–Crippen MR) is 67.5 cm³/mol. The zero-order valence-corrected chi connectivity index (χ0v) is 12.5. The van der Waals surface area contributed by atoms with Gasteiger partial charge in [-0.05, 0) is 0 Å². The first kappa shape index (κ1) is 21.0. The summed E-state index contributed by atoms with van der Waals surface area (Å²) in [7, 11) is 0. The van der Waals surface area contributed by atoms with E-state index in [1.807, 2.05) is 6.08 Å². The quantitative estimate of drug-likeness (QED) is 0.326. The van der Waals surface area contributed by atoms with Gasteiger partial charge in [0.25, 0.3) is 0 Å². The first-order chi connectivity index (χ1) is 6.41. The Bertz CT molecular complexity index is 113. The van der Waals surface area contributed by atoms with Crippen LogP contribution in [0, 0.1) is 6.92 Å². The number of hydrogen-bond donors (Lipinski definition) is 0. The van der Waals surface area contributed by atoms with E-state index in [0.717, 1.165) is 0 Å². The van der Waals surface area contributed by atoms with Crippen LogP contribution in [0.3, 0.4) is 0 Å². The van der Waals surface area contributed by atoms with Crippen LogP contribution in [0.5, 0.6) is 0 Å². The molecule has 0 rings (SSSR count). The molecule has 0 atom stereocenters. The number of unbranched alkanes of at least 4 members (excludes halogenated alkanes) is 8. The maximum atomic E-state index is 3.67. The standard InChI is InChI=1S/C13H25.ClH.Mg/c1-3-5-7-9-11-13-12-10-8-6-4-2;;/h3,5H,1,4,6-13H2,2H3;1H;/q-1;;+2/p-1/b5-3+;;. The molecular formula is C13H25ClMg. The van der Waals surface area contributed by atoms with Crippen molar-refractivity contribution in [3.05, 3.63) is 19.1 Å². The second kappa shape index (κ2) is 20.1. The fourth-order valence-electron chi connectivity index (χ4n) is 1.51. The molecule has 0 aliphatic carbocycles. The molecule has 0 aromatic rings. The maximum absolute atomic E-state index is 3.67. The van der Waals surface area contributed by atoms with Gasteiger partial charge >= 0.3 is 23.1 Å². The maximum Gasteiger partial charge on any atom is 2.00 e. The van der Waals surface area contributed by atoms with Gasteiger partial charge in [-0.25, -0.2) is 19.1 Å².